The van der Waals surface area contributed by atoms with Crippen molar-refractivity contribution in [2.24, 2.45) is 28.6 Å². The van der Waals surface area contributed by atoms with Crippen LogP contribution in [0, 0.1) is 28.6 Å². The first-order chi connectivity index (χ1) is 16.2. The van der Waals surface area contributed by atoms with Gasteiger partial charge in [-0.1, -0.05) is 67.4 Å². The van der Waals surface area contributed by atoms with Gasteiger partial charge in [0.25, 0.3) is 0 Å². The maximum atomic E-state index is 13.9. The number of fused-ring (bicyclic) bond motifs is 5. The number of carbonyl (C=O) groups excluding carboxylic acids is 1. The topological polar surface area (TPSA) is 35.5 Å². The molecule has 0 unspecified atom stereocenters. The molecule has 0 aliphatic heterocycles. The van der Waals surface area contributed by atoms with E-state index in [9.17, 15) is 4.79 Å². The van der Waals surface area contributed by atoms with E-state index in [0.717, 1.165) is 25.7 Å². The standard InChI is InChI=1S/C31H56O3Si2/c1-27(2,3)35(9,10)33-31(34-36(11,12)28(4,5)6)19-13-15-22-21-25(32)26-23-16-14-18-29(23,7)20-17-24(26)30(22,31)8/h21,23-24,26H,13-20H2,1-12H3/t23-,24-,26-,29-,30-/m0/s1. The minimum atomic E-state index is -2.18. The fraction of sp³-hybridized carbons (Fsp3) is 0.903. The van der Waals surface area contributed by atoms with Gasteiger partial charge in [-0.2, -0.15) is 0 Å². The minimum Gasteiger partial charge on any atom is -0.390 e. The number of hydrogen-bond donors (Lipinski definition) is 0. The van der Waals surface area contributed by atoms with E-state index in [0.29, 0.717) is 23.0 Å². The molecule has 4 rings (SSSR count). The maximum absolute atomic E-state index is 13.9. The van der Waals surface area contributed by atoms with Crippen LogP contribution in [-0.4, -0.2) is 28.2 Å². The summed E-state index contributed by atoms with van der Waals surface area (Å²) in [5.74, 6) is 0.720. The van der Waals surface area contributed by atoms with E-state index < -0.39 is 22.4 Å². The van der Waals surface area contributed by atoms with Crippen LogP contribution in [0.3, 0.4) is 0 Å². The molecule has 4 aliphatic carbocycles. The zero-order chi connectivity index (χ0) is 27.2. The zero-order valence-electron chi connectivity index (χ0n) is 25.7. The number of allylic oxidation sites excluding steroid dienone is 1. The molecule has 5 atom stereocenters. The Balaban J connectivity index is 1.91. The highest BCUT2D eigenvalue weighted by molar-refractivity contribution is 6.75. The van der Waals surface area contributed by atoms with Crippen molar-refractivity contribution >= 4 is 22.4 Å². The van der Waals surface area contributed by atoms with E-state index in [1.807, 2.05) is 0 Å². The van der Waals surface area contributed by atoms with Crippen molar-refractivity contribution in [1.82, 2.24) is 0 Å². The third-order valence-corrected chi connectivity index (χ3v) is 21.2. The van der Waals surface area contributed by atoms with Gasteiger partial charge in [0.1, 0.15) is 0 Å². The Kier molecular flexibility index (Phi) is 6.90. The molecule has 0 heterocycles. The second-order valence-corrected chi connectivity index (χ2v) is 25.9. The normalized spacial score (nSPS) is 37.2. The molecule has 0 aromatic rings. The lowest BCUT2D eigenvalue weighted by Crippen LogP contribution is -2.69. The Labute approximate surface area is 224 Å². The summed E-state index contributed by atoms with van der Waals surface area (Å²) in [7, 11) is -4.35. The molecule has 0 aromatic carbocycles. The fourth-order valence-electron chi connectivity index (χ4n) is 7.92. The highest BCUT2D eigenvalue weighted by atomic mass is 28.4. The summed E-state index contributed by atoms with van der Waals surface area (Å²) in [4.78, 5) is 13.9. The van der Waals surface area contributed by atoms with Gasteiger partial charge in [0.05, 0.1) is 0 Å². The summed E-state index contributed by atoms with van der Waals surface area (Å²) < 4.78 is 15.3. The van der Waals surface area contributed by atoms with E-state index >= 15 is 0 Å². The van der Waals surface area contributed by atoms with E-state index in [2.05, 4.69) is 87.7 Å². The van der Waals surface area contributed by atoms with Crippen LogP contribution in [0.25, 0.3) is 0 Å². The second-order valence-electron chi connectivity index (χ2n) is 16.4. The molecule has 3 fully saturated rings. The number of ketones is 1. The molecule has 0 saturated heterocycles. The van der Waals surface area contributed by atoms with Gasteiger partial charge in [-0.25, -0.2) is 0 Å². The van der Waals surface area contributed by atoms with Crippen molar-refractivity contribution in [3.05, 3.63) is 11.6 Å². The Morgan fingerprint density at radius 3 is 1.89 bits per heavy atom. The largest absolute Gasteiger partial charge is 0.390 e. The van der Waals surface area contributed by atoms with Crippen molar-refractivity contribution in [1.29, 1.82) is 0 Å². The molecule has 0 spiro atoms. The average molecular weight is 533 g/mol. The third-order valence-electron chi connectivity index (χ3n) is 12.3. The summed E-state index contributed by atoms with van der Waals surface area (Å²) in [6, 6.07) is 0. The highest BCUT2D eigenvalue weighted by Crippen LogP contribution is 2.68. The predicted molar refractivity (Wildman–Crippen MR) is 156 cm³/mol. The third kappa shape index (κ3) is 4.21. The van der Waals surface area contributed by atoms with Gasteiger partial charge >= 0.3 is 0 Å². The van der Waals surface area contributed by atoms with Crippen LogP contribution < -0.4 is 0 Å². The van der Waals surface area contributed by atoms with Crippen LogP contribution in [0.5, 0.6) is 0 Å². The van der Waals surface area contributed by atoms with Crippen molar-refractivity contribution in [2.75, 3.05) is 0 Å². The van der Waals surface area contributed by atoms with E-state index in [1.165, 1.54) is 31.3 Å². The highest BCUT2D eigenvalue weighted by Gasteiger charge is 2.68. The molecule has 3 saturated carbocycles. The van der Waals surface area contributed by atoms with Crippen LogP contribution in [0.1, 0.15) is 107 Å². The van der Waals surface area contributed by atoms with Crippen LogP contribution in [0.15, 0.2) is 11.6 Å². The van der Waals surface area contributed by atoms with Crippen LogP contribution in [0.2, 0.25) is 36.3 Å². The monoisotopic (exact) mass is 532 g/mol. The smallest absolute Gasteiger partial charge is 0.195 e. The molecule has 36 heavy (non-hydrogen) atoms. The average Bonchev–Trinajstić information content (AvgIpc) is 3.09. The van der Waals surface area contributed by atoms with Crippen LogP contribution in [0.4, 0.5) is 0 Å². The SMILES string of the molecule is CC(C)(C)[Si](C)(C)OC1(O[Si](C)(C)C(C)(C)C)CCCC2=CC(=O)[C@H]3[C@@H]4CCC[C@@]4(C)CC[C@@H]3[C@]21C. The molecule has 3 nitrogen and oxygen atoms in total. The maximum Gasteiger partial charge on any atom is 0.195 e. The molecule has 0 N–H and O–H groups in total. The van der Waals surface area contributed by atoms with Crippen molar-refractivity contribution in [3.63, 3.8) is 0 Å². The van der Waals surface area contributed by atoms with Crippen molar-refractivity contribution in [2.45, 2.75) is 149 Å². The lowest BCUT2D eigenvalue weighted by atomic mass is 9.46. The zero-order valence-corrected chi connectivity index (χ0v) is 27.7. The number of hydrogen-bond acceptors (Lipinski definition) is 3. The molecular weight excluding hydrogens is 477 g/mol. The van der Waals surface area contributed by atoms with Gasteiger partial charge in [-0.05, 0) is 98.1 Å². The molecule has 0 bridgehead atoms. The number of rotatable bonds is 4. The van der Waals surface area contributed by atoms with Gasteiger partial charge in [-0.3, -0.25) is 4.79 Å². The van der Waals surface area contributed by atoms with E-state index in [4.69, 9.17) is 8.85 Å². The first-order valence-electron chi connectivity index (χ1n) is 14.9. The molecule has 206 valence electrons. The van der Waals surface area contributed by atoms with Crippen LogP contribution >= 0.6 is 0 Å². The lowest BCUT2D eigenvalue weighted by molar-refractivity contribution is -0.245. The van der Waals surface area contributed by atoms with E-state index in [-0.39, 0.29) is 21.4 Å². The van der Waals surface area contributed by atoms with Gasteiger partial charge < -0.3 is 8.85 Å². The molecule has 0 aromatic heterocycles. The molecule has 5 heteroatoms. The first-order valence-corrected chi connectivity index (χ1v) is 20.7. The molecule has 0 radical (unpaired) electrons. The fourth-order valence-corrected chi connectivity index (χ4v) is 11.0. The first kappa shape index (κ1) is 28.8. The van der Waals surface area contributed by atoms with Gasteiger partial charge in [0.2, 0.25) is 0 Å². The minimum absolute atomic E-state index is 0.0922. The predicted octanol–water partition coefficient (Wildman–Crippen LogP) is 9.26. The summed E-state index contributed by atoms with van der Waals surface area (Å²) >= 11 is 0. The molecule has 0 amide bonds. The molecule has 4 aliphatic rings. The summed E-state index contributed by atoms with van der Waals surface area (Å²) in [5, 5.41) is 0.184. The van der Waals surface area contributed by atoms with Crippen molar-refractivity contribution in [3.8, 4) is 0 Å². The summed E-state index contributed by atoms with van der Waals surface area (Å²) in [5.41, 5.74) is 1.41. The molecular formula is C31H56O3Si2. The van der Waals surface area contributed by atoms with E-state index in [1.54, 1.807) is 0 Å². The Morgan fingerprint density at radius 1 is 0.806 bits per heavy atom. The van der Waals surface area contributed by atoms with Crippen LogP contribution in [-0.2, 0) is 13.6 Å². The Morgan fingerprint density at radius 2 is 1.36 bits per heavy atom. The number of carbonyl (C=O) groups is 1. The van der Waals surface area contributed by atoms with Gasteiger partial charge in [0.15, 0.2) is 28.2 Å². The summed E-state index contributed by atoms with van der Waals surface area (Å²) in [6.07, 6.45) is 11.2. The quantitative estimate of drug-likeness (QED) is 0.267. The Bertz CT molecular complexity index is 893. The van der Waals surface area contributed by atoms with Gasteiger partial charge in [-0.15, -0.1) is 0 Å². The Hall–Kier alpha value is -0.236. The van der Waals surface area contributed by atoms with Crippen molar-refractivity contribution < 1.29 is 13.6 Å². The second kappa shape index (κ2) is 8.63. The lowest BCUT2D eigenvalue weighted by Gasteiger charge is -2.65. The summed E-state index contributed by atoms with van der Waals surface area (Å²) in [6.45, 7) is 28.6. The van der Waals surface area contributed by atoms with Gasteiger partial charge in [0, 0.05) is 17.8 Å².